The summed E-state index contributed by atoms with van der Waals surface area (Å²) in [5.74, 6) is 0.178. The Bertz CT molecular complexity index is 595. The van der Waals surface area contributed by atoms with E-state index in [4.69, 9.17) is 5.73 Å². The Labute approximate surface area is 140 Å². The lowest BCUT2D eigenvalue weighted by Crippen LogP contribution is -2.20. The number of allylic oxidation sites excluding steroid dienone is 2. The Morgan fingerprint density at radius 1 is 1.30 bits per heavy atom. The molecule has 1 aliphatic rings. The van der Waals surface area contributed by atoms with E-state index in [0.29, 0.717) is 11.7 Å². The SMILES string of the molecule is CS/C(C(C)=O)=C(/C)N(C)C1CC1.Nc1ccc([N+](=O)[O-])cc1. The van der Waals surface area contributed by atoms with E-state index in [1.807, 2.05) is 13.2 Å². The van der Waals surface area contributed by atoms with Crippen molar-refractivity contribution in [2.45, 2.75) is 32.7 Å². The summed E-state index contributed by atoms with van der Waals surface area (Å²) in [7, 11) is 2.08. The molecule has 0 aromatic heterocycles. The summed E-state index contributed by atoms with van der Waals surface area (Å²) in [6.07, 6.45) is 4.50. The van der Waals surface area contributed by atoms with E-state index in [1.165, 1.54) is 37.1 Å². The number of rotatable bonds is 5. The molecule has 0 amide bonds. The number of hydrogen-bond acceptors (Lipinski definition) is 6. The molecule has 6 nitrogen and oxygen atoms in total. The molecule has 2 rings (SSSR count). The third kappa shape index (κ3) is 5.94. The Morgan fingerprint density at radius 3 is 2.17 bits per heavy atom. The molecule has 1 aliphatic carbocycles. The molecule has 1 aromatic rings. The van der Waals surface area contributed by atoms with Crippen LogP contribution >= 0.6 is 11.8 Å². The fourth-order valence-electron chi connectivity index (χ4n) is 2.04. The van der Waals surface area contributed by atoms with Gasteiger partial charge in [-0.3, -0.25) is 14.9 Å². The number of nitrogens with two attached hydrogens (primary N) is 1. The second-order valence-electron chi connectivity index (χ2n) is 5.37. The highest BCUT2D eigenvalue weighted by atomic mass is 32.2. The normalized spacial score (nSPS) is 14.3. The van der Waals surface area contributed by atoms with E-state index in [2.05, 4.69) is 11.9 Å². The number of carbonyl (C=O) groups excluding carboxylic acids is 1. The Balaban J connectivity index is 0.000000238. The third-order valence-corrected chi connectivity index (χ3v) is 4.57. The maximum Gasteiger partial charge on any atom is 0.269 e. The van der Waals surface area contributed by atoms with Crippen LogP contribution in [0.5, 0.6) is 0 Å². The topological polar surface area (TPSA) is 89.5 Å². The van der Waals surface area contributed by atoms with Gasteiger partial charge in [-0.1, -0.05) is 0 Å². The van der Waals surface area contributed by atoms with Crippen LogP contribution in [0.3, 0.4) is 0 Å². The highest BCUT2D eigenvalue weighted by Crippen LogP contribution is 2.31. The van der Waals surface area contributed by atoms with E-state index in [0.717, 1.165) is 10.6 Å². The Morgan fingerprint density at radius 2 is 1.83 bits per heavy atom. The first-order valence-corrected chi connectivity index (χ1v) is 8.49. The van der Waals surface area contributed by atoms with Gasteiger partial charge < -0.3 is 10.6 Å². The lowest BCUT2D eigenvalue weighted by Gasteiger charge is -2.21. The molecular formula is C16H23N3O3S. The van der Waals surface area contributed by atoms with Gasteiger partial charge in [0.15, 0.2) is 5.78 Å². The molecule has 1 saturated carbocycles. The number of carbonyl (C=O) groups is 1. The average Bonchev–Trinajstić information content (AvgIpc) is 3.32. The minimum Gasteiger partial charge on any atom is -0.399 e. The van der Waals surface area contributed by atoms with Crippen molar-refractivity contribution >= 4 is 28.9 Å². The van der Waals surface area contributed by atoms with Gasteiger partial charge in [-0.25, -0.2) is 0 Å². The van der Waals surface area contributed by atoms with Crippen molar-refractivity contribution < 1.29 is 9.72 Å². The number of ketones is 1. The zero-order chi connectivity index (χ0) is 17.6. The standard InChI is InChI=1S/C10H17NOS.C6H6N2O2/c1-7(10(13-4)8(2)12)11(3)9-5-6-9;7-5-1-3-6(4-2-5)8(9)10/h9H,5-6H2,1-4H3;1-4H,7H2/b10-7-;. The summed E-state index contributed by atoms with van der Waals surface area (Å²) in [6, 6.07) is 6.42. The van der Waals surface area contributed by atoms with E-state index < -0.39 is 4.92 Å². The predicted octanol–water partition coefficient (Wildman–Crippen LogP) is 3.44. The number of Topliss-reactive ketones (excluding diaryl/α,β-unsaturated/α-hetero) is 1. The summed E-state index contributed by atoms with van der Waals surface area (Å²) in [5.41, 5.74) is 7.03. The van der Waals surface area contributed by atoms with Gasteiger partial charge in [0, 0.05) is 36.6 Å². The first-order valence-electron chi connectivity index (χ1n) is 7.26. The van der Waals surface area contributed by atoms with Gasteiger partial charge in [-0.15, -0.1) is 11.8 Å². The van der Waals surface area contributed by atoms with Crippen molar-refractivity contribution in [2.24, 2.45) is 0 Å². The Hall–Kier alpha value is -2.02. The van der Waals surface area contributed by atoms with Crippen molar-refractivity contribution in [3.63, 3.8) is 0 Å². The second-order valence-corrected chi connectivity index (χ2v) is 6.18. The molecule has 0 heterocycles. The lowest BCUT2D eigenvalue weighted by atomic mass is 10.3. The molecule has 1 aromatic carbocycles. The molecule has 2 N–H and O–H groups in total. The molecule has 126 valence electrons. The van der Waals surface area contributed by atoms with Crippen LogP contribution < -0.4 is 5.73 Å². The van der Waals surface area contributed by atoms with Crippen LogP contribution in [-0.4, -0.2) is 35.0 Å². The van der Waals surface area contributed by atoms with Crippen molar-refractivity contribution in [2.75, 3.05) is 19.0 Å². The van der Waals surface area contributed by atoms with E-state index >= 15 is 0 Å². The van der Waals surface area contributed by atoms with Gasteiger partial charge in [0.05, 0.1) is 9.83 Å². The minimum atomic E-state index is -0.459. The number of thioether (sulfide) groups is 1. The molecule has 23 heavy (non-hydrogen) atoms. The fraction of sp³-hybridized carbons (Fsp3) is 0.438. The molecule has 0 saturated heterocycles. The molecule has 7 heteroatoms. The zero-order valence-corrected chi connectivity index (χ0v) is 14.7. The van der Waals surface area contributed by atoms with Crippen LogP contribution in [0, 0.1) is 10.1 Å². The van der Waals surface area contributed by atoms with Crippen LogP contribution in [0.2, 0.25) is 0 Å². The summed E-state index contributed by atoms with van der Waals surface area (Å²) in [5, 5.41) is 10.1. The molecule has 0 bridgehead atoms. The van der Waals surface area contributed by atoms with Gasteiger partial charge in [-0.05, 0) is 45.1 Å². The van der Waals surface area contributed by atoms with Crippen LogP contribution in [0.25, 0.3) is 0 Å². The third-order valence-electron chi connectivity index (χ3n) is 3.58. The number of nitrogen functional groups attached to an aromatic ring is 1. The monoisotopic (exact) mass is 337 g/mol. The fourth-order valence-corrected chi connectivity index (χ4v) is 2.76. The molecule has 0 unspecified atom stereocenters. The number of nitrogens with zero attached hydrogens (tertiary/aromatic N) is 2. The number of benzene rings is 1. The molecule has 0 aliphatic heterocycles. The number of non-ortho nitro benzene ring substituents is 1. The summed E-state index contributed by atoms with van der Waals surface area (Å²) in [6.45, 7) is 3.67. The smallest absolute Gasteiger partial charge is 0.269 e. The molecule has 0 radical (unpaired) electrons. The van der Waals surface area contributed by atoms with E-state index in [9.17, 15) is 14.9 Å². The van der Waals surface area contributed by atoms with E-state index in [-0.39, 0.29) is 11.5 Å². The number of hydrogen-bond donors (Lipinski definition) is 1. The van der Waals surface area contributed by atoms with Gasteiger partial charge in [0.1, 0.15) is 0 Å². The largest absolute Gasteiger partial charge is 0.399 e. The van der Waals surface area contributed by atoms with Crippen LogP contribution in [0.4, 0.5) is 11.4 Å². The molecule has 0 spiro atoms. The summed E-state index contributed by atoms with van der Waals surface area (Å²) < 4.78 is 0. The average molecular weight is 337 g/mol. The van der Waals surface area contributed by atoms with Crippen molar-refractivity contribution in [1.82, 2.24) is 4.90 Å². The van der Waals surface area contributed by atoms with Crippen molar-refractivity contribution in [3.05, 3.63) is 45.0 Å². The van der Waals surface area contributed by atoms with Crippen molar-refractivity contribution in [1.29, 1.82) is 0 Å². The first kappa shape index (κ1) is 19.0. The van der Waals surface area contributed by atoms with Gasteiger partial charge >= 0.3 is 0 Å². The van der Waals surface area contributed by atoms with Crippen molar-refractivity contribution in [3.8, 4) is 0 Å². The molecule has 1 fully saturated rings. The number of nitro benzene ring substituents is 1. The maximum absolute atomic E-state index is 11.3. The quantitative estimate of drug-likeness (QED) is 0.383. The zero-order valence-electron chi connectivity index (χ0n) is 13.9. The predicted molar refractivity (Wildman–Crippen MR) is 95.2 cm³/mol. The molecular weight excluding hydrogens is 314 g/mol. The number of nitro groups is 1. The van der Waals surface area contributed by atoms with Crippen LogP contribution in [0.1, 0.15) is 26.7 Å². The second kappa shape index (κ2) is 8.57. The maximum atomic E-state index is 11.3. The first-order chi connectivity index (χ1) is 10.8. The van der Waals surface area contributed by atoms with Gasteiger partial charge in [0.25, 0.3) is 5.69 Å². The summed E-state index contributed by atoms with van der Waals surface area (Å²) >= 11 is 1.55. The summed E-state index contributed by atoms with van der Waals surface area (Å²) in [4.78, 5) is 24.0. The highest BCUT2D eigenvalue weighted by molar-refractivity contribution is 8.03. The van der Waals surface area contributed by atoms with Crippen LogP contribution in [0.15, 0.2) is 34.9 Å². The molecule has 0 atom stereocenters. The van der Waals surface area contributed by atoms with Crippen LogP contribution in [-0.2, 0) is 4.79 Å². The lowest BCUT2D eigenvalue weighted by molar-refractivity contribution is -0.384. The number of anilines is 1. The van der Waals surface area contributed by atoms with E-state index in [1.54, 1.807) is 18.7 Å². The Kier molecular flexibility index (Phi) is 7.09. The highest BCUT2D eigenvalue weighted by Gasteiger charge is 2.27. The van der Waals surface area contributed by atoms with Gasteiger partial charge in [-0.2, -0.15) is 0 Å². The minimum absolute atomic E-state index is 0.0641. The van der Waals surface area contributed by atoms with Gasteiger partial charge in [0.2, 0.25) is 0 Å².